The predicted octanol–water partition coefficient (Wildman–Crippen LogP) is 3.78. The van der Waals surface area contributed by atoms with Crippen LogP contribution in [0.1, 0.15) is 32.9 Å². The van der Waals surface area contributed by atoms with E-state index in [1.165, 1.54) is 13.0 Å². The van der Waals surface area contributed by atoms with Crippen LogP contribution in [0.15, 0.2) is 101 Å². The van der Waals surface area contributed by atoms with E-state index >= 15 is 0 Å². The molecular weight excluding hydrogens is 484 g/mol. The molecule has 1 aromatic heterocycles. The van der Waals surface area contributed by atoms with Gasteiger partial charge in [-0.05, 0) is 39.0 Å². The normalized spacial score (nSPS) is 19.6. The zero-order valence-corrected chi connectivity index (χ0v) is 21.7. The molecule has 5 N–H and O–H groups in total. The summed E-state index contributed by atoms with van der Waals surface area (Å²) in [5.74, 6) is -2.11. The molecule has 0 radical (unpaired) electrons. The van der Waals surface area contributed by atoms with E-state index < -0.39 is 30.2 Å². The second-order valence-electron chi connectivity index (χ2n) is 8.55. The van der Waals surface area contributed by atoms with Crippen LogP contribution in [0.3, 0.4) is 0 Å². The first-order valence-electron chi connectivity index (χ1n) is 12.1. The Balaban J connectivity index is 1.80. The van der Waals surface area contributed by atoms with Crippen molar-refractivity contribution < 1.29 is 24.2 Å². The molecule has 0 spiro atoms. The fourth-order valence-electron chi connectivity index (χ4n) is 3.21. The number of aliphatic carboxylic acids is 1. The molecule has 1 aromatic rings. The van der Waals surface area contributed by atoms with Gasteiger partial charge < -0.3 is 25.9 Å². The summed E-state index contributed by atoms with van der Waals surface area (Å²) >= 11 is 0. The van der Waals surface area contributed by atoms with Gasteiger partial charge in [0.2, 0.25) is 17.7 Å². The highest BCUT2D eigenvalue weighted by Crippen LogP contribution is 2.17. The van der Waals surface area contributed by atoms with Gasteiger partial charge in [0.1, 0.15) is 18.2 Å². The van der Waals surface area contributed by atoms with Crippen molar-refractivity contribution in [3.05, 3.63) is 102 Å². The fraction of sp³-hybridized carbons (Fsp3) is 0.241. The SMILES string of the molecule is CC(/C=C/C=C/C=C/C=C/C=C(\C)C(=O)N[C@@H](CC(N)=O)C(=O)O)=C\[C@H]1N=C(/C=C/c2ccc[nH]2)O[C@@H]1C. The number of aromatic nitrogens is 1. The van der Waals surface area contributed by atoms with Crippen LogP contribution >= 0.6 is 0 Å². The average Bonchev–Trinajstić information content (AvgIpc) is 3.50. The quantitative estimate of drug-likeness (QED) is 0.232. The molecule has 9 nitrogen and oxygen atoms in total. The summed E-state index contributed by atoms with van der Waals surface area (Å²) in [6, 6.07) is 2.49. The third-order valence-electron chi connectivity index (χ3n) is 5.26. The van der Waals surface area contributed by atoms with Gasteiger partial charge in [-0.3, -0.25) is 9.59 Å². The number of primary amides is 1. The first-order valence-corrected chi connectivity index (χ1v) is 12.1. The largest absolute Gasteiger partial charge is 0.480 e. The van der Waals surface area contributed by atoms with Crippen molar-refractivity contribution in [3.63, 3.8) is 0 Å². The molecule has 0 aromatic carbocycles. The van der Waals surface area contributed by atoms with Gasteiger partial charge in [0.05, 0.1) is 6.42 Å². The van der Waals surface area contributed by atoms with Crippen LogP contribution < -0.4 is 11.1 Å². The number of carboxylic acid groups (broad SMARTS) is 1. The molecule has 0 saturated carbocycles. The van der Waals surface area contributed by atoms with Crippen molar-refractivity contribution in [1.82, 2.24) is 10.3 Å². The molecule has 0 fully saturated rings. The van der Waals surface area contributed by atoms with Crippen LogP contribution in [-0.2, 0) is 19.1 Å². The van der Waals surface area contributed by atoms with Crippen molar-refractivity contribution in [3.8, 4) is 0 Å². The maximum atomic E-state index is 12.1. The maximum absolute atomic E-state index is 12.1. The van der Waals surface area contributed by atoms with Crippen LogP contribution in [0, 0.1) is 0 Å². The Morgan fingerprint density at radius 2 is 1.82 bits per heavy atom. The summed E-state index contributed by atoms with van der Waals surface area (Å²) in [6.07, 6.45) is 23.4. The number of carbonyl (C=O) groups excluding carboxylic acids is 2. The third kappa shape index (κ3) is 10.9. The molecule has 0 bridgehead atoms. The molecule has 1 aliphatic rings. The minimum absolute atomic E-state index is 0.0376. The van der Waals surface area contributed by atoms with Crippen LogP contribution in [0.25, 0.3) is 6.08 Å². The van der Waals surface area contributed by atoms with Gasteiger partial charge in [-0.2, -0.15) is 0 Å². The van der Waals surface area contributed by atoms with Crippen LogP contribution in [0.4, 0.5) is 0 Å². The molecule has 3 atom stereocenters. The molecule has 2 amide bonds. The second-order valence-corrected chi connectivity index (χ2v) is 8.55. The lowest BCUT2D eigenvalue weighted by Crippen LogP contribution is -2.43. The Hall–Kier alpha value is -4.66. The Labute approximate surface area is 222 Å². The summed E-state index contributed by atoms with van der Waals surface area (Å²) in [5.41, 5.74) is 7.36. The molecule has 9 heteroatoms. The molecule has 2 heterocycles. The number of aromatic amines is 1. The highest BCUT2D eigenvalue weighted by Gasteiger charge is 2.24. The molecule has 0 unspecified atom stereocenters. The van der Waals surface area contributed by atoms with E-state index in [9.17, 15) is 14.4 Å². The van der Waals surface area contributed by atoms with Crippen molar-refractivity contribution in [2.75, 3.05) is 0 Å². The van der Waals surface area contributed by atoms with E-state index in [-0.39, 0.29) is 12.1 Å². The Morgan fingerprint density at radius 3 is 2.45 bits per heavy atom. The van der Waals surface area contributed by atoms with Gasteiger partial charge >= 0.3 is 5.97 Å². The first-order chi connectivity index (χ1) is 18.2. The molecule has 0 saturated heterocycles. The Kier molecular flexibility index (Phi) is 12.0. The highest BCUT2D eigenvalue weighted by atomic mass is 16.5. The number of aliphatic imine (C=N–C) groups is 1. The van der Waals surface area contributed by atoms with Gasteiger partial charge in [0, 0.05) is 23.5 Å². The minimum Gasteiger partial charge on any atom is -0.480 e. The predicted molar refractivity (Wildman–Crippen MR) is 149 cm³/mol. The molecule has 200 valence electrons. The lowest BCUT2D eigenvalue weighted by atomic mass is 10.1. The zero-order chi connectivity index (χ0) is 27.9. The van der Waals surface area contributed by atoms with Gasteiger partial charge in [0.15, 0.2) is 0 Å². The number of ether oxygens (including phenoxy) is 1. The first kappa shape index (κ1) is 29.6. The fourth-order valence-corrected chi connectivity index (χ4v) is 3.21. The zero-order valence-electron chi connectivity index (χ0n) is 21.7. The standard InChI is InChI=1S/C29H34N4O5/c1-20(18-24-22(3)38-27(32-24)16-15-23-14-11-17-31-23)12-9-7-5-4-6-8-10-13-21(2)28(35)33-25(29(36)37)19-26(30)34/h4-18,22,24-25,31H,19H2,1-3H3,(H2,30,34)(H,33,35)(H,36,37)/b6-4+,7-5+,10-8+,12-9+,16-15+,20-18+,21-13+/t22-,24-,25+/m1/s1. The van der Waals surface area contributed by atoms with E-state index in [2.05, 4.69) is 21.4 Å². The van der Waals surface area contributed by atoms with Gasteiger partial charge in [0.25, 0.3) is 0 Å². The van der Waals surface area contributed by atoms with Crippen molar-refractivity contribution in [1.29, 1.82) is 0 Å². The summed E-state index contributed by atoms with van der Waals surface area (Å²) in [6.45, 7) is 5.54. The van der Waals surface area contributed by atoms with E-state index in [1.54, 1.807) is 18.2 Å². The van der Waals surface area contributed by atoms with E-state index in [0.717, 1.165) is 11.3 Å². The maximum Gasteiger partial charge on any atom is 0.326 e. The smallest absolute Gasteiger partial charge is 0.326 e. The number of carboxylic acids is 1. The second kappa shape index (κ2) is 15.5. The summed E-state index contributed by atoms with van der Waals surface area (Å²) in [4.78, 5) is 41.8. The third-order valence-corrected chi connectivity index (χ3v) is 5.26. The number of nitrogens with two attached hydrogens (primary N) is 1. The lowest BCUT2D eigenvalue weighted by molar-refractivity contribution is -0.142. The number of hydrogen-bond donors (Lipinski definition) is 4. The van der Waals surface area contributed by atoms with Crippen LogP contribution in [0.2, 0.25) is 0 Å². The van der Waals surface area contributed by atoms with E-state index in [1.807, 2.05) is 74.7 Å². The Bertz CT molecular complexity index is 1210. The summed E-state index contributed by atoms with van der Waals surface area (Å²) < 4.78 is 5.82. The van der Waals surface area contributed by atoms with Crippen molar-refractivity contribution >= 4 is 29.8 Å². The minimum atomic E-state index is -1.36. The molecule has 0 aliphatic carbocycles. The monoisotopic (exact) mass is 518 g/mol. The number of nitrogens with zero attached hydrogens (tertiary/aromatic N) is 1. The van der Waals surface area contributed by atoms with E-state index in [0.29, 0.717) is 11.5 Å². The number of amides is 2. The van der Waals surface area contributed by atoms with E-state index in [4.69, 9.17) is 15.6 Å². The summed E-state index contributed by atoms with van der Waals surface area (Å²) in [5, 5.41) is 11.3. The molecule has 38 heavy (non-hydrogen) atoms. The molecular formula is C29H34N4O5. The highest BCUT2D eigenvalue weighted by molar-refractivity contribution is 5.96. The van der Waals surface area contributed by atoms with Gasteiger partial charge in [-0.1, -0.05) is 66.3 Å². The summed E-state index contributed by atoms with van der Waals surface area (Å²) in [7, 11) is 0. The number of H-pyrrole nitrogens is 1. The van der Waals surface area contributed by atoms with Crippen LogP contribution in [0.5, 0.6) is 0 Å². The molecule has 1 aliphatic heterocycles. The number of hydrogen-bond acceptors (Lipinski definition) is 5. The van der Waals surface area contributed by atoms with Crippen molar-refractivity contribution in [2.24, 2.45) is 10.7 Å². The molecule has 2 rings (SSSR count). The van der Waals surface area contributed by atoms with Gasteiger partial charge in [-0.25, -0.2) is 9.79 Å². The number of nitrogens with one attached hydrogen (secondary N) is 2. The average molecular weight is 519 g/mol. The number of allylic oxidation sites excluding steroid dienone is 10. The van der Waals surface area contributed by atoms with Gasteiger partial charge in [-0.15, -0.1) is 0 Å². The Morgan fingerprint density at radius 1 is 1.13 bits per heavy atom. The van der Waals surface area contributed by atoms with Crippen molar-refractivity contribution in [2.45, 2.75) is 45.4 Å². The topological polar surface area (TPSA) is 147 Å². The lowest BCUT2D eigenvalue weighted by Gasteiger charge is -2.12. The number of rotatable bonds is 13. The number of carbonyl (C=O) groups is 3. The van der Waals surface area contributed by atoms with Crippen LogP contribution in [-0.4, -0.2) is 52.0 Å².